The van der Waals surface area contributed by atoms with E-state index < -0.39 is 26.6 Å². The van der Waals surface area contributed by atoms with Crippen LogP contribution in [0, 0.1) is 13.8 Å². The number of hydrogen-bond acceptors (Lipinski definition) is 12. The average molecular weight is 954 g/mol. The number of hydrogen-bond donors (Lipinski definition) is 0. The molecule has 2 aromatic heterocycles. The van der Waals surface area contributed by atoms with Gasteiger partial charge in [0.25, 0.3) is 0 Å². The Kier molecular flexibility index (Phi) is 28.2. The Bertz CT molecular complexity index is 2020. The second-order valence-electron chi connectivity index (χ2n) is 12.9. The number of esters is 2. The van der Waals surface area contributed by atoms with Gasteiger partial charge in [-0.3, -0.25) is 4.52 Å². The Balaban J connectivity index is 0.000000529. The molecule has 4 rings (SSSR count). The van der Waals surface area contributed by atoms with Crippen LogP contribution in [0.25, 0.3) is 0 Å². The number of rotatable bonds is 24. The third kappa shape index (κ3) is 21.4. The van der Waals surface area contributed by atoms with Gasteiger partial charge in [-0.25, -0.2) is 28.1 Å². The number of unbranched alkanes of at least 4 members (excludes halogenated alkanes) is 2. The van der Waals surface area contributed by atoms with Crippen LogP contribution in [-0.2, 0) is 36.3 Å². The molecule has 0 bridgehead atoms. The number of halogens is 3. The Labute approximate surface area is 391 Å². The fraction of sp³-hybridized carbons (Fsp3) is 0.381. The van der Waals surface area contributed by atoms with Gasteiger partial charge in [0.15, 0.2) is 0 Å². The SMILES string of the molecule is C=CCOC(=O)c1ccc(OP(=O)(Cl)N(C)CCCCCl)cc1.C=CCOC(=O)c1ccc(OP(=O)(OCc2ccc(C)o2)N(C)CCCCCl)cc1.Cc1ccc(C[O-])o1.[Li+]. The summed E-state index contributed by atoms with van der Waals surface area (Å²) in [6.07, 6.45) is 6.08. The summed E-state index contributed by atoms with van der Waals surface area (Å²) in [4.78, 5) is 23.5. The number of aryl methyl sites for hydroxylation is 2. The van der Waals surface area contributed by atoms with E-state index in [9.17, 15) is 23.8 Å². The molecule has 0 saturated carbocycles. The molecule has 0 amide bonds. The Morgan fingerprint density at radius 2 is 1.13 bits per heavy atom. The maximum Gasteiger partial charge on any atom is 1.00 e. The number of carbonyl (C=O) groups is 2. The van der Waals surface area contributed by atoms with E-state index in [-0.39, 0.29) is 45.3 Å². The van der Waals surface area contributed by atoms with Crippen LogP contribution in [0.3, 0.4) is 0 Å². The summed E-state index contributed by atoms with van der Waals surface area (Å²) in [7, 11) is -0.386. The van der Waals surface area contributed by atoms with Crippen molar-refractivity contribution in [1.29, 1.82) is 0 Å². The van der Waals surface area contributed by atoms with Crippen molar-refractivity contribution in [3.8, 4) is 11.5 Å². The van der Waals surface area contributed by atoms with Crippen LogP contribution in [-0.4, -0.2) is 73.4 Å². The molecular weight excluding hydrogens is 900 g/mol. The minimum atomic E-state index is -3.68. The summed E-state index contributed by atoms with van der Waals surface area (Å²) in [6.45, 7) is 8.14. The molecule has 0 N–H and O–H groups in total. The summed E-state index contributed by atoms with van der Waals surface area (Å²) < 4.78 is 66.0. The Hall–Kier alpha value is -3.21. The van der Waals surface area contributed by atoms with Crippen molar-refractivity contribution in [2.45, 2.75) is 52.7 Å². The number of carbonyl (C=O) groups excluding carboxylic acids is 2. The number of furan rings is 2. The number of benzene rings is 2. The molecule has 336 valence electrons. The second-order valence-corrected chi connectivity index (χ2v) is 18.8. The normalized spacial score (nSPS) is 12.5. The summed E-state index contributed by atoms with van der Waals surface area (Å²) in [5, 5.41) is 10.1. The third-order valence-electron chi connectivity index (χ3n) is 7.94. The molecule has 0 spiro atoms. The fourth-order valence-electron chi connectivity index (χ4n) is 4.65. The van der Waals surface area contributed by atoms with Gasteiger partial charge < -0.3 is 32.5 Å². The molecule has 0 aliphatic rings. The topological polar surface area (TPSA) is 170 Å². The average Bonchev–Trinajstić information content (AvgIpc) is 3.88. The van der Waals surface area contributed by atoms with E-state index in [1.165, 1.54) is 53.2 Å². The van der Waals surface area contributed by atoms with Crippen LogP contribution in [0.5, 0.6) is 11.5 Å². The first-order valence-electron chi connectivity index (χ1n) is 19.0. The van der Waals surface area contributed by atoms with E-state index >= 15 is 0 Å². The van der Waals surface area contributed by atoms with E-state index in [0.29, 0.717) is 59.0 Å². The van der Waals surface area contributed by atoms with E-state index in [1.807, 2.05) is 13.8 Å². The van der Waals surface area contributed by atoms with Crippen molar-refractivity contribution >= 4 is 61.0 Å². The van der Waals surface area contributed by atoms with Crippen molar-refractivity contribution in [3.05, 3.63) is 132 Å². The first-order valence-corrected chi connectivity index (χ1v) is 24.1. The van der Waals surface area contributed by atoms with Gasteiger partial charge in [-0.2, -0.15) is 0 Å². The van der Waals surface area contributed by atoms with Crippen molar-refractivity contribution in [1.82, 2.24) is 9.34 Å². The number of alkyl halides is 2. The van der Waals surface area contributed by atoms with Crippen molar-refractivity contribution in [2.24, 2.45) is 0 Å². The van der Waals surface area contributed by atoms with Crippen LogP contribution in [0.4, 0.5) is 0 Å². The van der Waals surface area contributed by atoms with Crippen LogP contribution in [0.2, 0.25) is 0 Å². The molecule has 2 unspecified atom stereocenters. The fourth-order valence-corrected chi connectivity index (χ4v) is 7.85. The summed E-state index contributed by atoms with van der Waals surface area (Å²) in [5.74, 6) is 3.34. The molecule has 2 aromatic carbocycles. The van der Waals surface area contributed by atoms with Crippen LogP contribution in [0.15, 0.2) is 107 Å². The monoisotopic (exact) mass is 952 g/mol. The molecule has 0 aliphatic carbocycles. The van der Waals surface area contributed by atoms with Gasteiger partial charge in [0.1, 0.15) is 48.6 Å². The van der Waals surface area contributed by atoms with Crippen molar-refractivity contribution in [3.63, 3.8) is 0 Å². The Morgan fingerprint density at radius 1 is 0.694 bits per heavy atom. The summed E-state index contributed by atoms with van der Waals surface area (Å²) in [5.41, 5.74) is 0.709. The predicted octanol–water partition coefficient (Wildman–Crippen LogP) is 7.74. The minimum absolute atomic E-state index is 0. The van der Waals surface area contributed by atoms with Crippen LogP contribution in [0.1, 0.15) is 69.4 Å². The van der Waals surface area contributed by atoms with Crippen molar-refractivity contribution in [2.75, 3.05) is 52.2 Å². The molecule has 0 saturated heterocycles. The molecule has 0 fully saturated rings. The summed E-state index contributed by atoms with van der Waals surface area (Å²) >= 11 is 17.3. The minimum Gasteiger partial charge on any atom is -0.849 e. The van der Waals surface area contributed by atoms with Gasteiger partial charge in [-0.1, -0.05) is 31.9 Å². The molecule has 20 heteroatoms. The van der Waals surface area contributed by atoms with Gasteiger partial charge in [0.2, 0.25) is 0 Å². The second kappa shape index (κ2) is 30.8. The van der Waals surface area contributed by atoms with E-state index in [2.05, 4.69) is 13.2 Å². The Morgan fingerprint density at radius 3 is 1.52 bits per heavy atom. The first-order chi connectivity index (χ1) is 29.1. The number of nitrogens with zero attached hydrogens (tertiary/aromatic N) is 2. The molecule has 2 atom stereocenters. The van der Waals surface area contributed by atoms with Crippen molar-refractivity contribution < 1.29 is 74.6 Å². The van der Waals surface area contributed by atoms with Crippen LogP contribution < -0.4 is 33.0 Å². The standard InChI is InChI=1S/C21H27ClNO6P.C15H20Cl2NO4P.C6H7O2.Li/c1-4-15-26-21(24)18-8-11-19(12-9-18)29-30(25,23(3)14-6-5-13-22)27-16-20-10-7-17(2)28-20;1-3-12-21-15(19)13-6-8-14(9-7-13)22-23(17,20)18(2)11-5-4-10-16;1-5-2-3-6(4-7)8-5;/h4,7-12H,1,5-6,13-16H2,2-3H3;3,6-9H,1,4-5,10-12H2,2H3;2-3H,4H2,1H3;/q;;-1;+1. The smallest absolute Gasteiger partial charge is 0.849 e. The first kappa shape index (κ1) is 56.8. The molecule has 0 radical (unpaired) electrons. The molecular formula is C42H54Cl3LiN2O12P2. The predicted molar refractivity (Wildman–Crippen MR) is 237 cm³/mol. The number of ether oxygens (including phenoxy) is 2. The zero-order valence-corrected chi connectivity index (χ0v) is 39.9. The zero-order valence-electron chi connectivity index (χ0n) is 35.8. The third-order valence-corrected chi connectivity index (χ3v) is 12.8. The van der Waals surface area contributed by atoms with E-state index in [4.69, 9.17) is 66.3 Å². The molecule has 0 aliphatic heterocycles. The van der Waals surface area contributed by atoms with Gasteiger partial charge in [0, 0.05) is 36.1 Å². The molecule has 4 aromatic rings. The van der Waals surface area contributed by atoms with Gasteiger partial charge >= 0.3 is 45.4 Å². The summed E-state index contributed by atoms with van der Waals surface area (Å²) in [6, 6.07) is 19.3. The maximum atomic E-state index is 13.5. The van der Waals surface area contributed by atoms with E-state index in [0.717, 1.165) is 37.2 Å². The van der Waals surface area contributed by atoms with Crippen LogP contribution >= 0.6 is 49.1 Å². The quantitative estimate of drug-likeness (QED) is 0.0167. The largest absolute Gasteiger partial charge is 1.00 e. The molecule has 2 heterocycles. The van der Waals surface area contributed by atoms with Gasteiger partial charge in [0.05, 0.1) is 16.9 Å². The molecule has 62 heavy (non-hydrogen) atoms. The maximum absolute atomic E-state index is 13.5. The molecule has 14 nitrogen and oxygen atoms in total. The van der Waals surface area contributed by atoms with Gasteiger partial charge in [-0.05, 0) is 126 Å². The zero-order chi connectivity index (χ0) is 45.3. The van der Waals surface area contributed by atoms with E-state index in [1.54, 1.807) is 55.2 Å². The van der Waals surface area contributed by atoms with Gasteiger partial charge in [-0.15, -0.1) is 23.2 Å².